The first-order chi connectivity index (χ1) is 11.5. The van der Waals surface area contributed by atoms with Crippen molar-refractivity contribution in [3.63, 3.8) is 0 Å². The maximum Gasteiger partial charge on any atom is 0.221 e. The Kier molecular flexibility index (Phi) is 7.69. The van der Waals surface area contributed by atoms with Crippen molar-refractivity contribution in [1.82, 2.24) is 15.1 Å². The number of carbonyl (C=O) groups is 1. The first-order valence-corrected chi connectivity index (χ1v) is 8.99. The average Bonchev–Trinajstić information content (AvgIpc) is 2.56. The van der Waals surface area contributed by atoms with E-state index in [9.17, 15) is 9.90 Å². The molecule has 0 aromatic heterocycles. The van der Waals surface area contributed by atoms with Gasteiger partial charge in [-0.2, -0.15) is 0 Å². The Morgan fingerprint density at radius 2 is 2.08 bits per heavy atom. The number of benzene rings is 1. The molecule has 134 valence electrons. The zero-order chi connectivity index (χ0) is 17.4. The average molecular weight is 333 g/mol. The van der Waals surface area contributed by atoms with E-state index in [0.29, 0.717) is 19.0 Å². The van der Waals surface area contributed by atoms with Crippen LogP contribution in [0.1, 0.15) is 25.8 Å². The topological polar surface area (TPSA) is 55.8 Å². The highest BCUT2D eigenvalue weighted by atomic mass is 16.3. The third-order valence-corrected chi connectivity index (χ3v) is 4.58. The monoisotopic (exact) mass is 333 g/mol. The van der Waals surface area contributed by atoms with Gasteiger partial charge in [0.15, 0.2) is 0 Å². The molecule has 2 rings (SSSR count). The van der Waals surface area contributed by atoms with Crippen molar-refractivity contribution in [3.05, 3.63) is 35.9 Å². The molecule has 0 unspecified atom stereocenters. The molecule has 24 heavy (non-hydrogen) atoms. The maximum atomic E-state index is 12.0. The third kappa shape index (κ3) is 6.59. The Bertz CT molecular complexity index is 493. The van der Waals surface area contributed by atoms with Crippen LogP contribution in [-0.2, 0) is 11.2 Å². The Hall–Kier alpha value is -1.43. The minimum atomic E-state index is -0.283. The quantitative estimate of drug-likeness (QED) is 0.749. The number of nitrogens with zero attached hydrogens (tertiary/aromatic N) is 2. The predicted molar refractivity (Wildman–Crippen MR) is 96.9 cm³/mol. The first-order valence-electron chi connectivity index (χ1n) is 8.99. The second-order valence-electron chi connectivity index (χ2n) is 6.83. The smallest absolute Gasteiger partial charge is 0.221 e. The number of β-amino-alcohol motifs (C(OH)–C–C–N with tert-alkyl or cyclic N) is 1. The molecule has 5 nitrogen and oxygen atoms in total. The van der Waals surface area contributed by atoms with Gasteiger partial charge < -0.3 is 15.3 Å². The molecule has 5 heteroatoms. The van der Waals surface area contributed by atoms with Crippen LogP contribution in [0.4, 0.5) is 0 Å². The van der Waals surface area contributed by atoms with Crippen molar-refractivity contribution >= 4 is 5.91 Å². The summed E-state index contributed by atoms with van der Waals surface area (Å²) in [6.07, 6.45) is 1.15. The van der Waals surface area contributed by atoms with E-state index in [4.69, 9.17) is 0 Å². The number of hydrogen-bond acceptors (Lipinski definition) is 4. The highest BCUT2D eigenvalue weighted by molar-refractivity contribution is 5.76. The lowest BCUT2D eigenvalue weighted by molar-refractivity contribution is -0.121. The lowest BCUT2D eigenvalue weighted by atomic mass is 10.1. The molecule has 1 saturated heterocycles. The van der Waals surface area contributed by atoms with Crippen LogP contribution in [0, 0.1) is 0 Å². The molecular formula is C19H31N3O2. The summed E-state index contributed by atoms with van der Waals surface area (Å²) in [5.41, 5.74) is 1.25. The fraction of sp³-hybridized carbons (Fsp3) is 0.632. The Labute approximate surface area is 145 Å². The van der Waals surface area contributed by atoms with E-state index in [-0.39, 0.29) is 12.0 Å². The molecule has 2 N–H and O–H groups in total. The van der Waals surface area contributed by atoms with Crippen molar-refractivity contribution < 1.29 is 9.90 Å². The van der Waals surface area contributed by atoms with E-state index in [1.54, 1.807) is 0 Å². The van der Waals surface area contributed by atoms with Crippen LogP contribution in [0.3, 0.4) is 0 Å². The second-order valence-corrected chi connectivity index (χ2v) is 6.83. The van der Waals surface area contributed by atoms with E-state index in [1.165, 1.54) is 5.56 Å². The number of hydrogen-bond donors (Lipinski definition) is 2. The number of aliphatic hydroxyl groups excluding tert-OH is 1. The molecule has 1 aliphatic heterocycles. The minimum absolute atomic E-state index is 0.130. The van der Waals surface area contributed by atoms with Crippen LogP contribution in [0.5, 0.6) is 0 Å². The van der Waals surface area contributed by atoms with Gasteiger partial charge in [-0.25, -0.2) is 0 Å². The second kappa shape index (κ2) is 9.77. The van der Waals surface area contributed by atoms with Crippen LogP contribution in [0.15, 0.2) is 30.3 Å². The van der Waals surface area contributed by atoms with Gasteiger partial charge in [0, 0.05) is 51.7 Å². The summed E-state index contributed by atoms with van der Waals surface area (Å²) in [7, 11) is 0. The summed E-state index contributed by atoms with van der Waals surface area (Å²) < 4.78 is 0. The Morgan fingerprint density at radius 3 is 2.75 bits per heavy atom. The highest BCUT2D eigenvalue weighted by Crippen LogP contribution is 2.10. The van der Waals surface area contributed by atoms with Crippen molar-refractivity contribution in [2.24, 2.45) is 0 Å². The third-order valence-electron chi connectivity index (χ3n) is 4.58. The molecule has 0 bridgehead atoms. The van der Waals surface area contributed by atoms with Gasteiger partial charge >= 0.3 is 0 Å². The van der Waals surface area contributed by atoms with E-state index in [1.807, 2.05) is 25.1 Å². The molecule has 0 aliphatic carbocycles. The lowest BCUT2D eigenvalue weighted by Crippen LogP contribution is -2.53. The summed E-state index contributed by atoms with van der Waals surface area (Å²) in [6, 6.07) is 10.6. The van der Waals surface area contributed by atoms with Gasteiger partial charge in [-0.1, -0.05) is 30.3 Å². The standard InChI is InChI=1S/C19H31N3O2/c1-16-14-21(12-13-22(16)15-17(2)23)11-9-19(24)20-10-8-18-6-4-3-5-7-18/h3-7,16-17,23H,8-15H2,1-2H3,(H,20,24)/t16-,17+/m1/s1. The molecule has 1 heterocycles. The molecule has 2 atom stereocenters. The summed E-state index contributed by atoms with van der Waals surface area (Å²) in [5.74, 6) is 0.130. The van der Waals surface area contributed by atoms with Gasteiger partial charge in [-0.05, 0) is 25.8 Å². The molecule has 1 aliphatic rings. The van der Waals surface area contributed by atoms with E-state index in [2.05, 4.69) is 34.2 Å². The number of nitrogens with one attached hydrogen (secondary N) is 1. The molecular weight excluding hydrogens is 302 g/mol. The van der Waals surface area contributed by atoms with Crippen LogP contribution < -0.4 is 5.32 Å². The van der Waals surface area contributed by atoms with Crippen LogP contribution in [0.25, 0.3) is 0 Å². The fourth-order valence-electron chi connectivity index (χ4n) is 3.22. The predicted octanol–water partition coefficient (Wildman–Crippen LogP) is 1.12. The van der Waals surface area contributed by atoms with Gasteiger partial charge in [-0.3, -0.25) is 9.69 Å². The first kappa shape index (κ1) is 18.9. The molecule has 0 saturated carbocycles. The van der Waals surface area contributed by atoms with Crippen LogP contribution >= 0.6 is 0 Å². The SMILES string of the molecule is C[C@H](O)CN1CCN(CCC(=O)NCCc2ccccc2)C[C@H]1C. The molecule has 1 aromatic carbocycles. The summed E-state index contributed by atoms with van der Waals surface area (Å²) >= 11 is 0. The van der Waals surface area contributed by atoms with Gasteiger partial charge in [0.25, 0.3) is 0 Å². The van der Waals surface area contributed by atoms with E-state index in [0.717, 1.165) is 39.1 Å². The number of rotatable bonds is 8. The fourth-order valence-corrected chi connectivity index (χ4v) is 3.22. The summed E-state index contributed by atoms with van der Waals surface area (Å²) in [6.45, 7) is 9.15. The number of amides is 1. The maximum absolute atomic E-state index is 12.0. The largest absolute Gasteiger partial charge is 0.392 e. The van der Waals surface area contributed by atoms with Crippen molar-refractivity contribution in [2.75, 3.05) is 39.3 Å². The van der Waals surface area contributed by atoms with Crippen molar-refractivity contribution in [3.8, 4) is 0 Å². The van der Waals surface area contributed by atoms with Gasteiger partial charge in [-0.15, -0.1) is 0 Å². The van der Waals surface area contributed by atoms with Crippen LogP contribution in [-0.4, -0.2) is 72.2 Å². The molecule has 1 aromatic rings. The Morgan fingerprint density at radius 1 is 1.33 bits per heavy atom. The normalized spacial score (nSPS) is 20.7. The minimum Gasteiger partial charge on any atom is -0.392 e. The summed E-state index contributed by atoms with van der Waals surface area (Å²) in [5, 5.41) is 12.5. The van der Waals surface area contributed by atoms with Crippen molar-refractivity contribution in [2.45, 2.75) is 38.8 Å². The van der Waals surface area contributed by atoms with Crippen molar-refractivity contribution in [1.29, 1.82) is 0 Å². The highest BCUT2D eigenvalue weighted by Gasteiger charge is 2.24. The molecule has 1 fully saturated rings. The molecule has 0 spiro atoms. The van der Waals surface area contributed by atoms with Gasteiger partial charge in [0.05, 0.1) is 6.10 Å². The van der Waals surface area contributed by atoms with Gasteiger partial charge in [0.2, 0.25) is 5.91 Å². The van der Waals surface area contributed by atoms with Gasteiger partial charge in [0.1, 0.15) is 0 Å². The van der Waals surface area contributed by atoms with E-state index >= 15 is 0 Å². The Balaban J connectivity index is 1.60. The molecule has 0 radical (unpaired) electrons. The number of piperazine rings is 1. The zero-order valence-electron chi connectivity index (χ0n) is 14.9. The summed E-state index contributed by atoms with van der Waals surface area (Å²) in [4.78, 5) is 16.7. The van der Waals surface area contributed by atoms with E-state index < -0.39 is 0 Å². The van der Waals surface area contributed by atoms with Crippen LogP contribution in [0.2, 0.25) is 0 Å². The number of aliphatic hydroxyl groups is 1. The molecule has 1 amide bonds. The number of carbonyl (C=O) groups excluding carboxylic acids is 1. The zero-order valence-corrected chi connectivity index (χ0v) is 14.9. The lowest BCUT2D eigenvalue weighted by Gasteiger charge is -2.40.